The van der Waals surface area contributed by atoms with Gasteiger partial charge in [-0.3, -0.25) is 24.8 Å². The Hall–Kier alpha value is -4.96. The number of likely N-dealkylation sites (N-methyl/N-ethyl adjacent to an activating group) is 1. The summed E-state index contributed by atoms with van der Waals surface area (Å²) in [6, 6.07) is 11.7. The minimum absolute atomic E-state index is 0.108. The lowest BCUT2D eigenvalue weighted by Gasteiger charge is -2.10. The summed E-state index contributed by atoms with van der Waals surface area (Å²) in [4.78, 5) is 35.3. The van der Waals surface area contributed by atoms with E-state index in [-0.39, 0.29) is 12.5 Å². The molecule has 6 aromatic heterocycles. The van der Waals surface area contributed by atoms with Crippen molar-refractivity contribution in [3.63, 3.8) is 0 Å². The Labute approximate surface area is 211 Å². The maximum atomic E-state index is 12.2. The summed E-state index contributed by atoms with van der Waals surface area (Å²) in [5.74, 6) is -0.108. The fourth-order valence-corrected chi connectivity index (χ4v) is 4.31. The highest BCUT2D eigenvalue weighted by molar-refractivity contribution is 6.00. The molecule has 0 bridgehead atoms. The molecule has 0 aliphatic rings. The molecule has 0 aliphatic carbocycles. The van der Waals surface area contributed by atoms with Crippen molar-refractivity contribution in [2.75, 3.05) is 26.0 Å². The zero-order valence-electron chi connectivity index (χ0n) is 20.2. The first-order valence-corrected chi connectivity index (χ1v) is 11.7. The third-order valence-corrected chi connectivity index (χ3v) is 5.96. The number of hydrogen-bond acceptors (Lipinski definition) is 7. The van der Waals surface area contributed by atoms with Crippen LogP contribution in [0.2, 0.25) is 0 Å². The van der Waals surface area contributed by atoms with Crippen LogP contribution in [0.25, 0.3) is 55.7 Å². The van der Waals surface area contributed by atoms with E-state index < -0.39 is 0 Å². The summed E-state index contributed by atoms with van der Waals surface area (Å²) < 4.78 is 0. The fourth-order valence-electron chi connectivity index (χ4n) is 4.31. The Kier molecular flexibility index (Phi) is 5.62. The molecule has 10 nitrogen and oxygen atoms in total. The average molecular weight is 490 g/mol. The Bertz CT molecular complexity index is 1740. The normalized spacial score (nSPS) is 11.4. The number of pyridine rings is 4. The van der Waals surface area contributed by atoms with Crippen LogP contribution in [-0.4, -0.2) is 66.6 Å². The van der Waals surface area contributed by atoms with Gasteiger partial charge in [-0.1, -0.05) is 6.07 Å². The predicted molar refractivity (Wildman–Crippen MR) is 143 cm³/mol. The molecule has 3 N–H and O–H groups in total. The first-order valence-electron chi connectivity index (χ1n) is 11.7. The summed E-state index contributed by atoms with van der Waals surface area (Å²) >= 11 is 0. The van der Waals surface area contributed by atoms with E-state index in [9.17, 15) is 4.79 Å². The van der Waals surface area contributed by atoms with Crippen molar-refractivity contribution in [1.29, 1.82) is 0 Å². The van der Waals surface area contributed by atoms with E-state index >= 15 is 0 Å². The quantitative estimate of drug-likeness (QED) is 0.321. The number of carbonyl (C=O) groups excluding carboxylic acids is 1. The van der Waals surface area contributed by atoms with E-state index in [2.05, 4.69) is 41.5 Å². The van der Waals surface area contributed by atoms with E-state index in [4.69, 9.17) is 4.98 Å². The van der Waals surface area contributed by atoms with E-state index in [0.29, 0.717) is 11.4 Å². The van der Waals surface area contributed by atoms with E-state index in [1.165, 1.54) is 0 Å². The Morgan fingerprint density at radius 3 is 2.65 bits per heavy atom. The van der Waals surface area contributed by atoms with Gasteiger partial charge in [-0.2, -0.15) is 5.10 Å². The number of H-pyrrole nitrogens is 2. The largest absolute Gasteiger partial charge is 0.352 e. The second-order valence-electron chi connectivity index (χ2n) is 8.99. The topological polar surface area (TPSA) is 128 Å². The molecule has 1 amide bonds. The zero-order valence-corrected chi connectivity index (χ0v) is 20.2. The maximum absolute atomic E-state index is 12.2. The SMILES string of the molecule is CN(C)CC(=O)Nc1cncc(-c2ccc3[nH]nc(-c4cc5c(-c6cccnc6)cncc5[nH]4)c3n2)c1. The van der Waals surface area contributed by atoms with Gasteiger partial charge in [-0.15, -0.1) is 0 Å². The van der Waals surface area contributed by atoms with Gasteiger partial charge in [0.1, 0.15) is 11.2 Å². The third kappa shape index (κ3) is 4.41. The average Bonchev–Trinajstić information content (AvgIpc) is 3.52. The fraction of sp³-hybridized carbons (Fsp3) is 0.111. The summed E-state index contributed by atoms with van der Waals surface area (Å²) in [6.07, 6.45) is 10.6. The summed E-state index contributed by atoms with van der Waals surface area (Å²) in [6.45, 7) is 0.287. The van der Waals surface area contributed by atoms with Gasteiger partial charge in [0.25, 0.3) is 0 Å². The van der Waals surface area contributed by atoms with Crippen molar-refractivity contribution in [3.8, 4) is 33.8 Å². The monoisotopic (exact) mass is 489 g/mol. The number of rotatable bonds is 6. The van der Waals surface area contributed by atoms with Crippen LogP contribution in [0.1, 0.15) is 0 Å². The van der Waals surface area contributed by atoms with Crippen LogP contribution < -0.4 is 5.32 Å². The van der Waals surface area contributed by atoms with Gasteiger partial charge in [0.2, 0.25) is 5.91 Å². The van der Waals surface area contributed by atoms with Crippen LogP contribution >= 0.6 is 0 Å². The molecule has 182 valence electrons. The van der Waals surface area contributed by atoms with Gasteiger partial charge < -0.3 is 15.2 Å². The minimum atomic E-state index is -0.108. The number of fused-ring (bicyclic) bond motifs is 2. The van der Waals surface area contributed by atoms with Gasteiger partial charge in [0.15, 0.2) is 0 Å². The molecule has 0 fully saturated rings. The van der Waals surface area contributed by atoms with Crippen molar-refractivity contribution in [2.24, 2.45) is 0 Å². The molecule has 0 atom stereocenters. The molecule has 6 heterocycles. The summed E-state index contributed by atoms with van der Waals surface area (Å²) in [5, 5.41) is 11.5. The number of hydrogen-bond donors (Lipinski definition) is 3. The Morgan fingerprint density at radius 2 is 1.81 bits per heavy atom. The molecule has 0 saturated heterocycles. The predicted octanol–water partition coefficient (Wildman–Crippen LogP) is 4.13. The molecule has 37 heavy (non-hydrogen) atoms. The van der Waals surface area contributed by atoms with Crippen LogP contribution in [0.5, 0.6) is 0 Å². The van der Waals surface area contributed by atoms with Gasteiger partial charge in [-0.25, -0.2) is 4.98 Å². The van der Waals surface area contributed by atoms with Crippen molar-refractivity contribution in [2.45, 2.75) is 0 Å². The Balaban J connectivity index is 1.38. The smallest absolute Gasteiger partial charge is 0.238 e. The van der Waals surface area contributed by atoms with Crippen LogP contribution in [0.15, 0.2) is 73.6 Å². The third-order valence-electron chi connectivity index (χ3n) is 5.96. The van der Waals surface area contributed by atoms with Crippen molar-refractivity contribution in [3.05, 3.63) is 73.6 Å². The molecule has 0 saturated carbocycles. The maximum Gasteiger partial charge on any atom is 0.238 e. The summed E-state index contributed by atoms with van der Waals surface area (Å²) in [5.41, 5.74) is 8.06. The van der Waals surface area contributed by atoms with Gasteiger partial charge in [-0.05, 0) is 44.4 Å². The van der Waals surface area contributed by atoms with Crippen molar-refractivity contribution < 1.29 is 4.79 Å². The lowest BCUT2D eigenvalue weighted by molar-refractivity contribution is -0.116. The lowest BCUT2D eigenvalue weighted by atomic mass is 10.1. The second-order valence-corrected chi connectivity index (χ2v) is 8.99. The van der Waals surface area contributed by atoms with Crippen LogP contribution in [0.4, 0.5) is 5.69 Å². The number of amides is 1. The number of carbonyl (C=O) groups is 1. The molecule has 0 aromatic carbocycles. The highest BCUT2D eigenvalue weighted by atomic mass is 16.2. The van der Waals surface area contributed by atoms with E-state index in [1.54, 1.807) is 24.8 Å². The van der Waals surface area contributed by atoms with Crippen molar-refractivity contribution in [1.82, 2.24) is 40.0 Å². The lowest BCUT2D eigenvalue weighted by Crippen LogP contribution is -2.27. The molecule has 6 rings (SSSR count). The molecular weight excluding hydrogens is 466 g/mol. The first-order chi connectivity index (χ1) is 18.0. The van der Waals surface area contributed by atoms with Crippen LogP contribution in [0, 0.1) is 0 Å². The molecule has 0 radical (unpaired) electrons. The number of aromatic nitrogens is 7. The zero-order chi connectivity index (χ0) is 25.4. The van der Waals surface area contributed by atoms with Crippen molar-refractivity contribution >= 4 is 33.5 Å². The molecule has 6 aromatic rings. The second kappa shape index (κ2) is 9.25. The molecule has 0 spiro atoms. The van der Waals surface area contributed by atoms with Gasteiger partial charge in [0.05, 0.1) is 47.0 Å². The summed E-state index contributed by atoms with van der Waals surface area (Å²) in [7, 11) is 3.69. The number of nitrogens with one attached hydrogen (secondary N) is 3. The van der Waals surface area contributed by atoms with Gasteiger partial charge >= 0.3 is 0 Å². The van der Waals surface area contributed by atoms with Gasteiger partial charge in [0, 0.05) is 46.9 Å². The molecule has 0 unspecified atom stereocenters. The van der Waals surface area contributed by atoms with E-state index in [1.807, 2.05) is 61.7 Å². The molecule has 10 heteroatoms. The first kappa shape index (κ1) is 22.5. The Morgan fingerprint density at radius 1 is 0.946 bits per heavy atom. The highest BCUT2D eigenvalue weighted by Gasteiger charge is 2.16. The molecule has 0 aliphatic heterocycles. The minimum Gasteiger partial charge on any atom is -0.352 e. The van der Waals surface area contributed by atoms with Crippen LogP contribution in [-0.2, 0) is 4.79 Å². The highest BCUT2D eigenvalue weighted by Crippen LogP contribution is 2.33. The number of aromatic amines is 2. The number of nitrogens with zero attached hydrogens (tertiary/aromatic N) is 6. The van der Waals surface area contributed by atoms with E-state index in [0.717, 1.165) is 50.0 Å². The van der Waals surface area contributed by atoms with Crippen LogP contribution in [0.3, 0.4) is 0 Å². The number of anilines is 1. The molecular formula is C27H23N9O. The standard InChI is InChI=1S/C27H23N9O/c1-36(2)15-25(37)31-18-8-17(11-29-12-18)21-5-6-22-26(33-21)27(35-34-22)23-9-19-20(13-30-14-24(19)32-23)16-4-3-7-28-10-16/h3-14,32H,15H2,1-2H3,(H,31,37)(H,34,35).